The summed E-state index contributed by atoms with van der Waals surface area (Å²) in [6.45, 7) is 8.01. The van der Waals surface area contributed by atoms with Gasteiger partial charge in [0.25, 0.3) is 0 Å². The highest BCUT2D eigenvalue weighted by Gasteiger charge is 2.28. The van der Waals surface area contributed by atoms with Crippen LogP contribution in [0, 0.1) is 11.3 Å². The lowest BCUT2D eigenvalue weighted by Gasteiger charge is -2.44. The summed E-state index contributed by atoms with van der Waals surface area (Å²) in [5.41, 5.74) is 2.53. The van der Waals surface area contributed by atoms with E-state index < -0.39 is 6.10 Å². The van der Waals surface area contributed by atoms with E-state index in [2.05, 4.69) is 36.8 Å². The van der Waals surface area contributed by atoms with Crippen LogP contribution in [-0.2, 0) is 0 Å². The number of likely N-dealkylation sites (N-methyl/N-ethyl adjacent to an activating group) is 1. The van der Waals surface area contributed by atoms with Gasteiger partial charge in [-0.15, -0.1) is 0 Å². The fourth-order valence-corrected chi connectivity index (χ4v) is 2.84. The van der Waals surface area contributed by atoms with Crippen LogP contribution < -0.4 is 4.90 Å². The molecule has 4 nitrogen and oxygen atoms in total. The molecule has 0 aromatic heterocycles. The molecule has 0 aliphatic carbocycles. The van der Waals surface area contributed by atoms with Gasteiger partial charge in [-0.25, -0.2) is 0 Å². The summed E-state index contributed by atoms with van der Waals surface area (Å²) >= 11 is 0. The zero-order valence-electron chi connectivity index (χ0n) is 12.7. The van der Waals surface area contributed by atoms with E-state index in [0.29, 0.717) is 17.6 Å². The van der Waals surface area contributed by atoms with Crippen LogP contribution in [-0.4, -0.2) is 42.2 Å². The molecule has 108 valence electrons. The number of rotatable bonds is 2. The topological polar surface area (TPSA) is 50.5 Å². The maximum absolute atomic E-state index is 9.96. The van der Waals surface area contributed by atoms with Crippen LogP contribution in [0.3, 0.4) is 0 Å². The molecule has 1 N–H and O–H groups in total. The van der Waals surface area contributed by atoms with Crippen molar-refractivity contribution in [2.75, 3.05) is 25.0 Å². The molecule has 20 heavy (non-hydrogen) atoms. The number of nitriles is 1. The summed E-state index contributed by atoms with van der Waals surface area (Å²) in [4.78, 5) is 4.66. The van der Waals surface area contributed by atoms with E-state index >= 15 is 0 Å². The Labute approximate surface area is 121 Å². The van der Waals surface area contributed by atoms with E-state index in [-0.39, 0.29) is 0 Å². The standard InChI is InChI=1S/C16H23N3O/c1-11-9-19(10-12(2)18(11)4)16-7-14(8-17)5-6-15(16)13(3)20/h5-7,11-13,20H,9-10H2,1-4H3. The molecular weight excluding hydrogens is 250 g/mol. The molecule has 0 spiro atoms. The first-order valence-corrected chi connectivity index (χ1v) is 7.13. The summed E-state index contributed by atoms with van der Waals surface area (Å²) in [6.07, 6.45) is -0.525. The van der Waals surface area contributed by atoms with Gasteiger partial charge in [0.1, 0.15) is 0 Å². The minimum Gasteiger partial charge on any atom is -0.389 e. The molecule has 1 heterocycles. The van der Waals surface area contributed by atoms with Crippen molar-refractivity contribution in [2.24, 2.45) is 0 Å². The van der Waals surface area contributed by atoms with Gasteiger partial charge in [-0.3, -0.25) is 4.90 Å². The lowest BCUT2D eigenvalue weighted by molar-refractivity contribution is 0.168. The maximum atomic E-state index is 9.96. The normalized spacial score (nSPS) is 25.3. The monoisotopic (exact) mass is 273 g/mol. The molecule has 1 aliphatic heterocycles. The highest BCUT2D eigenvalue weighted by molar-refractivity contribution is 5.59. The fraction of sp³-hybridized carbons (Fsp3) is 0.562. The van der Waals surface area contributed by atoms with Gasteiger partial charge >= 0.3 is 0 Å². The van der Waals surface area contributed by atoms with Crippen LogP contribution >= 0.6 is 0 Å². The third-order valence-corrected chi connectivity index (χ3v) is 4.31. The van der Waals surface area contributed by atoms with E-state index in [1.165, 1.54) is 0 Å². The molecule has 0 radical (unpaired) electrons. The highest BCUT2D eigenvalue weighted by atomic mass is 16.3. The summed E-state index contributed by atoms with van der Waals surface area (Å²) in [5.74, 6) is 0. The van der Waals surface area contributed by atoms with Crippen LogP contribution in [0.15, 0.2) is 18.2 Å². The van der Waals surface area contributed by atoms with Gasteiger partial charge in [0.2, 0.25) is 0 Å². The molecule has 0 amide bonds. The molecule has 1 aromatic carbocycles. The van der Waals surface area contributed by atoms with E-state index in [1.807, 2.05) is 12.1 Å². The van der Waals surface area contributed by atoms with Gasteiger partial charge in [0.15, 0.2) is 0 Å². The van der Waals surface area contributed by atoms with Gasteiger partial charge in [-0.1, -0.05) is 6.07 Å². The molecule has 1 aliphatic rings. The van der Waals surface area contributed by atoms with E-state index in [0.717, 1.165) is 24.3 Å². The number of hydrogen-bond donors (Lipinski definition) is 1. The zero-order chi connectivity index (χ0) is 14.9. The Hall–Kier alpha value is -1.57. The quantitative estimate of drug-likeness (QED) is 0.897. The minimum absolute atomic E-state index is 0.450. The molecule has 1 aromatic rings. The number of benzene rings is 1. The average Bonchev–Trinajstić information content (AvgIpc) is 2.43. The smallest absolute Gasteiger partial charge is 0.0992 e. The SMILES string of the molecule is CC(O)c1ccc(C#N)cc1N1CC(C)N(C)C(C)C1. The van der Waals surface area contributed by atoms with Crippen molar-refractivity contribution in [3.8, 4) is 6.07 Å². The predicted molar refractivity (Wildman–Crippen MR) is 80.7 cm³/mol. The third-order valence-electron chi connectivity index (χ3n) is 4.31. The van der Waals surface area contributed by atoms with Crippen molar-refractivity contribution in [3.05, 3.63) is 29.3 Å². The van der Waals surface area contributed by atoms with Gasteiger partial charge in [-0.05, 0) is 40.0 Å². The van der Waals surface area contributed by atoms with E-state index in [9.17, 15) is 5.11 Å². The first-order chi connectivity index (χ1) is 9.43. The zero-order valence-corrected chi connectivity index (χ0v) is 12.7. The molecule has 1 fully saturated rings. The van der Waals surface area contributed by atoms with Crippen LogP contribution in [0.2, 0.25) is 0 Å². The Morgan fingerprint density at radius 3 is 2.40 bits per heavy atom. The number of nitrogens with zero attached hydrogens (tertiary/aromatic N) is 3. The Morgan fingerprint density at radius 1 is 1.30 bits per heavy atom. The van der Waals surface area contributed by atoms with Crippen molar-refractivity contribution >= 4 is 5.69 Å². The van der Waals surface area contributed by atoms with Crippen LogP contribution in [0.4, 0.5) is 5.69 Å². The van der Waals surface area contributed by atoms with Crippen molar-refractivity contribution in [3.63, 3.8) is 0 Å². The van der Waals surface area contributed by atoms with Crippen molar-refractivity contribution < 1.29 is 5.11 Å². The second-order valence-corrected chi connectivity index (χ2v) is 5.83. The largest absolute Gasteiger partial charge is 0.389 e. The highest BCUT2D eigenvalue weighted by Crippen LogP contribution is 2.30. The number of anilines is 1. The number of aliphatic hydroxyl groups is 1. The van der Waals surface area contributed by atoms with Crippen LogP contribution in [0.1, 0.15) is 38.0 Å². The summed E-state index contributed by atoms with van der Waals surface area (Å²) < 4.78 is 0. The molecule has 1 saturated heterocycles. The third kappa shape index (κ3) is 2.79. The molecule has 0 bridgehead atoms. The Kier molecular flexibility index (Phi) is 4.32. The molecular formula is C16H23N3O. The fourth-order valence-electron chi connectivity index (χ4n) is 2.84. The summed E-state index contributed by atoms with van der Waals surface area (Å²) in [7, 11) is 2.15. The van der Waals surface area contributed by atoms with Crippen molar-refractivity contribution in [1.82, 2.24) is 4.90 Å². The van der Waals surface area contributed by atoms with Gasteiger partial charge in [-0.2, -0.15) is 5.26 Å². The number of hydrogen-bond acceptors (Lipinski definition) is 4. The molecule has 3 atom stereocenters. The van der Waals surface area contributed by atoms with Crippen LogP contribution in [0.25, 0.3) is 0 Å². The first-order valence-electron chi connectivity index (χ1n) is 7.13. The second-order valence-electron chi connectivity index (χ2n) is 5.83. The predicted octanol–water partition coefficient (Wildman–Crippen LogP) is 2.14. The second kappa shape index (κ2) is 5.82. The first kappa shape index (κ1) is 14.8. The minimum atomic E-state index is -0.525. The van der Waals surface area contributed by atoms with E-state index in [4.69, 9.17) is 5.26 Å². The molecule has 2 rings (SSSR count). The Bertz CT molecular complexity index is 509. The van der Waals surface area contributed by atoms with Crippen LogP contribution in [0.5, 0.6) is 0 Å². The lowest BCUT2D eigenvalue weighted by Crippen LogP contribution is -2.55. The number of aliphatic hydroxyl groups excluding tert-OH is 1. The number of piperazine rings is 1. The molecule has 3 unspecified atom stereocenters. The van der Waals surface area contributed by atoms with Crippen molar-refractivity contribution in [2.45, 2.75) is 39.0 Å². The van der Waals surface area contributed by atoms with Gasteiger partial charge in [0, 0.05) is 36.4 Å². The lowest BCUT2D eigenvalue weighted by atomic mass is 10.0. The Morgan fingerprint density at radius 2 is 1.90 bits per heavy atom. The van der Waals surface area contributed by atoms with Crippen molar-refractivity contribution in [1.29, 1.82) is 5.26 Å². The summed E-state index contributed by atoms with van der Waals surface area (Å²) in [5, 5.41) is 19.1. The van der Waals surface area contributed by atoms with E-state index in [1.54, 1.807) is 13.0 Å². The Balaban J connectivity index is 2.38. The average molecular weight is 273 g/mol. The molecule has 4 heteroatoms. The summed E-state index contributed by atoms with van der Waals surface area (Å²) in [6, 6.07) is 8.62. The van der Waals surface area contributed by atoms with Gasteiger partial charge in [0.05, 0.1) is 17.7 Å². The molecule has 0 saturated carbocycles. The maximum Gasteiger partial charge on any atom is 0.0992 e. The van der Waals surface area contributed by atoms with Gasteiger partial charge < -0.3 is 10.0 Å².